The Balaban J connectivity index is 2.26. The highest BCUT2D eigenvalue weighted by molar-refractivity contribution is 9.10. The molecule has 0 aliphatic rings. The van der Waals surface area contributed by atoms with Crippen LogP contribution in [0.2, 0.25) is 0 Å². The molecule has 0 saturated carbocycles. The van der Waals surface area contributed by atoms with Gasteiger partial charge in [0, 0.05) is 16.7 Å². The molecule has 0 saturated heterocycles. The summed E-state index contributed by atoms with van der Waals surface area (Å²) in [5.41, 5.74) is 6.47. The molecule has 2 N–H and O–H groups in total. The van der Waals surface area contributed by atoms with E-state index >= 15 is 0 Å². The molecule has 2 rings (SSSR count). The number of halogens is 1. The number of hydrogen-bond donors (Lipinski definition) is 1. The van der Waals surface area contributed by atoms with Crippen LogP contribution in [0.15, 0.2) is 27.3 Å². The Bertz CT molecular complexity index is 494. The van der Waals surface area contributed by atoms with Crippen molar-refractivity contribution in [3.63, 3.8) is 0 Å². The van der Waals surface area contributed by atoms with Gasteiger partial charge in [0.2, 0.25) is 11.7 Å². The average molecular weight is 297 g/mol. The highest BCUT2D eigenvalue weighted by atomic mass is 79.9. The van der Waals surface area contributed by atoms with Crippen LogP contribution in [0, 0.1) is 0 Å². The lowest BCUT2D eigenvalue weighted by molar-refractivity contribution is 0.346. The Morgan fingerprint density at radius 1 is 1.35 bits per heavy atom. The molecule has 2 heterocycles. The van der Waals surface area contributed by atoms with Crippen LogP contribution in [0.1, 0.15) is 25.7 Å². The number of pyridine rings is 1. The zero-order valence-electron chi connectivity index (χ0n) is 9.59. The van der Waals surface area contributed by atoms with Crippen molar-refractivity contribution in [3.05, 3.63) is 28.7 Å². The van der Waals surface area contributed by atoms with E-state index in [1.807, 2.05) is 26.0 Å². The number of hydrogen-bond acceptors (Lipinski definition) is 5. The van der Waals surface area contributed by atoms with Gasteiger partial charge in [-0.25, -0.2) is 0 Å². The molecule has 2 atom stereocenters. The Morgan fingerprint density at radius 3 is 2.71 bits per heavy atom. The molecule has 2 unspecified atom stereocenters. The third kappa shape index (κ3) is 2.70. The van der Waals surface area contributed by atoms with Crippen LogP contribution in [0.5, 0.6) is 0 Å². The zero-order valence-corrected chi connectivity index (χ0v) is 11.2. The van der Waals surface area contributed by atoms with Gasteiger partial charge in [-0.1, -0.05) is 12.1 Å². The molecular weight excluding hydrogens is 284 g/mol. The topological polar surface area (TPSA) is 77.8 Å². The second-order valence-electron chi connectivity index (χ2n) is 3.97. The van der Waals surface area contributed by atoms with E-state index in [0.29, 0.717) is 17.4 Å². The lowest BCUT2D eigenvalue weighted by Gasteiger charge is -2.09. The molecule has 0 fully saturated rings. The minimum atomic E-state index is -0.0267. The molecule has 0 aliphatic heterocycles. The summed E-state index contributed by atoms with van der Waals surface area (Å²) in [7, 11) is 0. The van der Waals surface area contributed by atoms with Gasteiger partial charge < -0.3 is 10.3 Å². The summed E-state index contributed by atoms with van der Waals surface area (Å²) in [5.74, 6) is 1.06. The van der Waals surface area contributed by atoms with Gasteiger partial charge in [-0.15, -0.1) is 0 Å². The molecule has 17 heavy (non-hydrogen) atoms. The maximum absolute atomic E-state index is 5.79. The minimum absolute atomic E-state index is 0.0267. The van der Waals surface area contributed by atoms with Crippen molar-refractivity contribution in [1.82, 2.24) is 15.1 Å². The van der Waals surface area contributed by atoms with Crippen molar-refractivity contribution in [2.45, 2.75) is 25.8 Å². The van der Waals surface area contributed by atoms with Crippen molar-refractivity contribution >= 4 is 15.9 Å². The van der Waals surface area contributed by atoms with E-state index in [1.165, 1.54) is 0 Å². The maximum Gasteiger partial charge on any atom is 0.231 e. The van der Waals surface area contributed by atoms with Crippen LogP contribution in [-0.4, -0.2) is 21.2 Å². The summed E-state index contributed by atoms with van der Waals surface area (Å²) < 4.78 is 6.09. The second-order valence-corrected chi connectivity index (χ2v) is 4.88. The third-order valence-electron chi connectivity index (χ3n) is 2.58. The standard InChI is InChI=1S/C11H13BrN4O/c1-6(7(2)13)11-15-10(16-17-11)9-4-3-8(12)5-14-9/h3-7H,13H2,1-2H3. The normalized spacial score (nSPS) is 14.6. The summed E-state index contributed by atoms with van der Waals surface area (Å²) in [6.07, 6.45) is 1.69. The molecule has 2 aromatic rings. The van der Waals surface area contributed by atoms with Crippen molar-refractivity contribution in [2.75, 3.05) is 0 Å². The summed E-state index contributed by atoms with van der Waals surface area (Å²) in [5, 5.41) is 3.90. The predicted molar refractivity (Wildman–Crippen MR) is 67.3 cm³/mol. The third-order valence-corrected chi connectivity index (χ3v) is 3.05. The van der Waals surface area contributed by atoms with Crippen LogP contribution in [-0.2, 0) is 0 Å². The van der Waals surface area contributed by atoms with Gasteiger partial charge in [0.15, 0.2) is 0 Å². The zero-order chi connectivity index (χ0) is 12.4. The van der Waals surface area contributed by atoms with Gasteiger partial charge in [-0.05, 0) is 35.0 Å². The summed E-state index contributed by atoms with van der Waals surface area (Å²) in [6.45, 7) is 3.86. The fourth-order valence-electron chi connectivity index (χ4n) is 1.26. The Kier molecular flexibility index (Phi) is 3.54. The van der Waals surface area contributed by atoms with E-state index in [2.05, 4.69) is 31.1 Å². The van der Waals surface area contributed by atoms with Gasteiger partial charge >= 0.3 is 0 Å². The highest BCUT2D eigenvalue weighted by Gasteiger charge is 2.18. The largest absolute Gasteiger partial charge is 0.339 e. The van der Waals surface area contributed by atoms with Crippen LogP contribution in [0.4, 0.5) is 0 Å². The van der Waals surface area contributed by atoms with E-state index in [1.54, 1.807) is 6.20 Å². The van der Waals surface area contributed by atoms with E-state index in [4.69, 9.17) is 10.3 Å². The smallest absolute Gasteiger partial charge is 0.231 e. The predicted octanol–water partition coefficient (Wildman–Crippen LogP) is 2.34. The summed E-state index contributed by atoms with van der Waals surface area (Å²) >= 11 is 3.32. The lowest BCUT2D eigenvalue weighted by Crippen LogP contribution is -2.22. The van der Waals surface area contributed by atoms with Crippen LogP contribution >= 0.6 is 15.9 Å². The van der Waals surface area contributed by atoms with Crippen LogP contribution in [0.3, 0.4) is 0 Å². The molecule has 0 spiro atoms. The van der Waals surface area contributed by atoms with Gasteiger partial charge in [0.05, 0.1) is 5.92 Å². The van der Waals surface area contributed by atoms with Crippen molar-refractivity contribution in [2.24, 2.45) is 5.73 Å². The molecule has 5 nitrogen and oxygen atoms in total. The number of nitrogens with zero attached hydrogens (tertiary/aromatic N) is 3. The van der Waals surface area contributed by atoms with E-state index in [9.17, 15) is 0 Å². The van der Waals surface area contributed by atoms with Crippen molar-refractivity contribution in [1.29, 1.82) is 0 Å². The van der Waals surface area contributed by atoms with E-state index < -0.39 is 0 Å². The van der Waals surface area contributed by atoms with E-state index in [0.717, 1.165) is 4.47 Å². The molecule has 2 aromatic heterocycles. The summed E-state index contributed by atoms with van der Waals surface area (Å²) in [4.78, 5) is 8.50. The quantitative estimate of drug-likeness (QED) is 0.940. The molecule has 0 aliphatic carbocycles. The fourth-order valence-corrected chi connectivity index (χ4v) is 1.49. The molecule has 0 aromatic carbocycles. The van der Waals surface area contributed by atoms with Crippen LogP contribution in [0.25, 0.3) is 11.5 Å². The molecule has 0 amide bonds. The van der Waals surface area contributed by atoms with Crippen molar-refractivity contribution in [3.8, 4) is 11.5 Å². The fraction of sp³-hybridized carbons (Fsp3) is 0.364. The van der Waals surface area contributed by atoms with Crippen molar-refractivity contribution < 1.29 is 4.52 Å². The maximum atomic E-state index is 5.79. The van der Waals surface area contributed by atoms with Crippen LogP contribution < -0.4 is 5.73 Å². The second kappa shape index (κ2) is 4.93. The first-order chi connectivity index (χ1) is 8.08. The van der Waals surface area contributed by atoms with Gasteiger partial charge in [-0.3, -0.25) is 4.98 Å². The number of aromatic nitrogens is 3. The van der Waals surface area contributed by atoms with E-state index in [-0.39, 0.29) is 12.0 Å². The molecule has 6 heteroatoms. The number of rotatable bonds is 3. The van der Waals surface area contributed by atoms with Gasteiger partial charge in [0.25, 0.3) is 0 Å². The van der Waals surface area contributed by atoms with Gasteiger partial charge in [-0.2, -0.15) is 4.98 Å². The minimum Gasteiger partial charge on any atom is -0.339 e. The Morgan fingerprint density at radius 2 is 2.12 bits per heavy atom. The first-order valence-electron chi connectivity index (χ1n) is 5.29. The average Bonchev–Trinajstić information content (AvgIpc) is 2.78. The Hall–Kier alpha value is -1.27. The Labute approximate surface area is 108 Å². The SMILES string of the molecule is CC(N)C(C)c1nc(-c2ccc(Br)cn2)no1. The van der Waals surface area contributed by atoms with Gasteiger partial charge in [0.1, 0.15) is 5.69 Å². The monoisotopic (exact) mass is 296 g/mol. The molecule has 0 radical (unpaired) electrons. The number of nitrogens with two attached hydrogens (primary N) is 1. The first-order valence-corrected chi connectivity index (χ1v) is 6.08. The first kappa shape index (κ1) is 12.2. The molecular formula is C11H13BrN4O. The summed E-state index contributed by atoms with van der Waals surface area (Å²) in [6, 6.07) is 3.68. The lowest BCUT2D eigenvalue weighted by atomic mass is 10.1. The highest BCUT2D eigenvalue weighted by Crippen LogP contribution is 2.20. The molecule has 90 valence electrons. The molecule has 0 bridgehead atoms.